The van der Waals surface area contributed by atoms with Gasteiger partial charge in [-0.2, -0.15) is 5.26 Å². The van der Waals surface area contributed by atoms with Gasteiger partial charge in [-0.05, 0) is 25.8 Å². The molecule has 1 aromatic rings. The Labute approximate surface area is 174 Å². The molecule has 0 saturated carbocycles. The Kier molecular flexibility index (Phi) is 7.69. The second-order valence-corrected chi connectivity index (χ2v) is 6.67. The van der Waals surface area contributed by atoms with Gasteiger partial charge in [-0.15, -0.1) is 0 Å². The zero-order valence-corrected chi connectivity index (χ0v) is 17.1. The van der Waals surface area contributed by atoms with Crippen molar-refractivity contribution in [3.63, 3.8) is 0 Å². The molecular weight excluding hydrogens is 390 g/mol. The molecule has 1 unspecified atom stereocenters. The lowest BCUT2D eigenvalue weighted by atomic mass is 9.80. The van der Waals surface area contributed by atoms with E-state index in [2.05, 4.69) is 5.32 Å². The molecule has 1 aromatic carbocycles. The molecule has 1 N–H and O–H groups in total. The van der Waals surface area contributed by atoms with E-state index in [1.54, 1.807) is 19.9 Å². The number of allylic oxidation sites excluding steroid dienone is 2. The molecule has 0 fully saturated rings. The van der Waals surface area contributed by atoms with E-state index in [1.165, 1.54) is 18.2 Å². The highest BCUT2D eigenvalue weighted by molar-refractivity contribution is 6.00. The van der Waals surface area contributed by atoms with Crippen molar-refractivity contribution in [3.05, 3.63) is 62.5 Å². The van der Waals surface area contributed by atoms with Crippen molar-refractivity contribution < 1.29 is 24.0 Å². The third-order valence-electron chi connectivity index (χ3n) is 4.50. The molecule has 1 atom stereocenters. The third-order valence-corrected chi connectivity index (χ3v) is 4.50. The summed E-state index contributed by atoms with van der Waals surface area (Å²) < 4.78 is 10.5. The number of carbonyl (C=O) groups is 2. The Hall–Kier alpha value is -3.67. The highest BCUT2D eigenvalue weighted by Crippen LogP contribution is 2.40. The van der Waals surface area contributed by atoms with E-state index in [-0.39, 0.29) is 36.5 Å². The lowest BCUT2D eigenvalue weighted by Crippen LogP contribution is -2.32. The molecule has 2 rings (SSSR count). The summed E-state index contributed by atoms with van der Waals surface area (Å²) in [6.07, 6.45) is 0.637. The zero-order valence-electron chi connectivity index (χ0n) is 17.1. The average molecular weight is 413 g/mol. The predicted octanol–water partition coefficient (Wildman–Crippen LogP) is 3.24. The van der Waals surface area contributed by atoms with Gasteiger partial charge in [-0.3, -0.25) is 10.1 Å². The number of hydrogen-bond acceptors (Lipinski definition) is 8. The second kappa shape index (κ2) is 10.2. The molecule has 0 amide bonds. The van der Waals surface area contributed by atoms with Gasteiger partial charge < -0.3 is 14.8 Å². The summed E-state index contributed by atoms with van der Waals surface area (Å²) in [7, 11) is 0. The van der Waals surface area contributed by atoms with Gasteiger partial charge in [0.15, 0.2) is 0 Å². The zero-order chi connectivity index (χ0) is 22.3. The summed E-state index contributed by atoms with van der Waals surface area (Å²) in [5.41, 5.74) is 1.49. The largest absolute Gasteiger partial charge is 0.462 e. The van der Waals surface area contributed by atoms with Crippen molar-refractivity contribution in [1.29, 1.82) is 5.26 Å². The SMILES string of the molecule is CCCOC(=O)C1=C(C)NC(C)=C(C(=O)OCCC#N)C1c1cccc([N+](=O)[O-])c1. The number of nitro groups is 1. The van der Waals surface area contributed by atoms with E-state index in [4.69, 9.17) is 14.7 Å². The number of hydrogen-bond donors (Lipinski definition) is 1. The minimum atomic E-state index is -0.912. The Morgan fingerprint density at radius 2 is 1.77 bits per heavy atom. The first-order valence-corrected chi connectivity index (χ1v) is 9.45. The maximum Gasteiger partial charge on any atom is 0.336 e. The molecule has 0 aliphatic carbocycles. The van der Waals surface area contributed by atoms with Crippen LogP contribution in [0.4, 0.5) is 5.69 Å². The number of nitro benzene ring substituents is 1. The molecule has 1 heterocycles. The molecule has 158 valence electrons. The molecule has 1 aliphatic rings. The van der Waals surface area contributed by atoms with Crippen molar-refractivity contribution in [3.8, 4) is 6.07 Å². The number of non-ortho nitro benzene ring substituents is 1. The quantitative estimate of drug-likeness (QED) is 0.297. The number of ether oxygens (including phenoxy) is 2. The summed E-state index contributed by atoms with van der Waals surface area (Å²) in [5, 5.41) is 23.0. The van der Waals surface area contributed by atoms with Crippen LogP contribution >= 0.6 is 0 Å². The van der Waals surface area contributed by atoms with E-state index in [1.807, 2.05) is 13.0 Å². The molecule has 9 nitrogen and oxygen atoms in total. The van der Waals surface area contributed by atoms with E-state index in [9.17, 15) is 19.7 Å². The second-order valence-electron chi connectivity index (χ2n) is 6.67. The van der Waals surface area contributed by atoms with Crippen LogP contribution in [0.3, 0.4) is 0 Å². The van der Waals surface area contributed by atoms with E-state index in [0.29, 0.717) is 23.4 Å². The van der Waals surface area contributed by atoms with Crippen LogP contribution in [0.2, 0.25) is 0 Å². The van der Waals surface area contributed by atoms with Gasteiger partial charge in [0, 0.05) is 23.5 Å². The first kappa shape index (κ1) is 22.6. The highest BCUT2D eigenvalue weighted by Gasteiger charge is 2.38. The fourth-order valence-electron chi connectivity index (χ4n) is 3.23. The van der Waals surface area contributed by atoms with Crippen molar-refractivity contribution in [2.75, 3.05) is 13.2 Å². The van der Waals surface area contributed by atoms with Gasteiger partial charge in [0.05, 0.1) is 41.1 Å². The van der Waals surface area contributed by atoms with E-state index < -0.39 is 22.8 Å². The number of carbonyl (C=O) groups excluding carboxylic acids is 2. The topological polar surface area (TPSA) is 132 Å². The number of nitrogens with zero attached hydrogens (tertiary/aromatic N) is 2. The molecule has 0 bridgehead atoms. The molecule has 30 heavy (non-hydrogen) atoms. The van der Waals surface area contributed by atoms with Gasteiger partial charge in [0.1, 0.15) is 6.61 Å². The van der Waals surface area contributed by atoms with Gasteiger partial charge in [0.2, 0.25) is 0 Å². The van der Waals surface area contributed by atoms with E-state index in [0.717, 1.165) is 0 Å². The Morgan fingerprint density at radius 3 is 2.30 bits per heavy atom. The van der Waals surface area contributed by atoms with Gasteiger partial charge in [0.25, 0.3) is 5.69 Å². The van der Waals surface area contributed by atoms with Gasteiger partial charge >= 0.3 is 11.9 Å². The normalized spacial score (nSPS) is 15.9. The summed E-state index contributed by atoms with van der Waals surface area (Å²) in [5.74, 6) is -2.24. The third kappa shape index (κ3) is 5.03. The summed E-state index contributed by atoms with van der Waals surface area (Å²) in [6.45, 7) is 5.28. The van der Waals surface area contributed by atoms with Gasteiger partial charge in [-0.1, -0.05) is 19.1 Å². The molecule has 0 spiro atoms. The van der Waals surface area contributed by atoms with Crippen LogP contribution in [0.1, 0.15) is 45.1 Å². The first-order chi connectivity index (χ1) is 14.3. The monoisotopic (exact) mass is 413 g/mol. The fraction of sp³-hybridized carbons (Fsp3) is 0.381. The number of rotatable bonds is 8. The number of esters is 2. The van der Waals surface area contributed by atoms with Crippen molar-refractivity contribution in [2.24, 2.45) is 0 Å². The van der Waals surface area contributed by atoms with Crippen LogP contribution in [0, 0.1) is 21.4 Å². The standard InChI is InChI=1S/C21H23N3O6/c1-4-10-29-20(25)17-13(2)23-14(3)18(21(26)30-11-6-9-22)19(17)15-7-5-8-16(12-15)24(27)28/h5,7-8,12,19,23H,4,6,10-11H2,1-3H3. The smallest absolute Gasteiger partial charge is 0.336 e. The van der Waals surface area contributed by atoms with Gasteiger partial charge in [-0.25, -0.2) is 9.59 Å². The van der Waals surface area contributed by atoms with Crippen LogP contribution in [-0.2, 0) is 19.1 Å². The van der Waals surface area contributed by atoms with Crippen LogP contribution in [0.15, 0.2) is 46.8 Å². The molecule has 0 saturated heterocycles. The minimum Gasteiger partial charge on any atom is -0.462 e. The van der Waals surface area contributed by atoms with Crippen LogP contribution in [-0.4, -0.2) is 30.1 Å². The van der Waals surface area contributed by atoms with Crippen LogP contribution in [0.25, 0.3) is 0 Å². The van der Waals surface area contributed by atoms with Crippen LogP contribution < -0.4 is 5.32 Å². The number of nitriles is 1. The maximum absolute atomic E-state index is 12.8. The Morgan fingerprint density at radius 1 is 1.17 bits per heavy atom. The van der Waals surface area contributed by atoms with E-state index >= 15 is 0 Å². The summed E-state index contributed by atoms with van der Waals surface area (Å²) in [6, 6.07) is 7.65. The summed E-state index contributed by atoms with van der Waals surface area (Å²) >= 11 is 0. The highest BCUT2D eigenvalue weighted by atomic mass is 16.6. The molecular formula is C21H23N3O6. The predicted molar refractivity (Wildman–Crippen MR) is 107 cm³/mol. The number of dihydropyridines is 1. The number of benzene rings is 1. The first-order valence-electron chi connectivity index (χ1n) is 9.45. The van der Waals surface area contributed by atoms with Crippen molar-refractivity contribution in [2.45, 2.75) is 39.5 Å². The molecule has 0 radical (unpaired) electrons. The molecule has 1 aliphatic heterocycles. The summed E-state index contributed by atoms with van der Waals surface area (Å²) in [4.78, 5) is 36.4. The Bertz CT molecular complexity index is 958. The lowest BCUT2D eigenvalue weighted by Gasteiger charge is -2.30. The molecule has 0 aromatic heterocycles. The Balaban J connectivity index is 2.59. The fourth-order valence-corrected chi connectivity index (χ4v) is 3.23. The van der Waals surface area contributed by atoms with Crippen LogP contribution in [0.5, 0.6) is 0 Å². The van der Waals surface area contributed by atoms with Crippen molar-refractivity contribution in [1.82, 2.24) is 5.32 Å². The average Bonchev–Trinajstić information content (AvgIpc) is 2.71. The minimum absolute atomic E-state index is 0.0211. The molecule has 9 heteroatoms. The number of nitrogens with one attached hydrogen (secondary N) is 1. The maximum atomic E-state index is 12.8. The lowest BCUT2D eigenvalue weighted by molar-refractivity contribution is -0.384. The van der Waals surface area contributed by atoms with Crippen molar-refractivity contribution >= 4 is 17.6 Å².